The summed E-state index contributed by atoms with van der Waals surface area (Å²) in [5.41, 5.74) is 2.23. The number of aliphatic hydroxyl groups is 1. The standard InChI is InChI=1S/C18H24N2O4/c1-19-11-7-12(18(22)23)17(19)13-6-10-4-3-5-15(24-2)16(10)14(9-21)20(13)8-11/h3-5,11-14,17,21H,6-9H2,1-2H3,(H,22,23)/t11-,12?,13?,14-,17+/m0/s1. The minimum Gasteiger partial charge on any atom is -0.496 e. The summed E-state index contributed by atoms with van der Waals surface area (Å²) in [7, 11) is 3.70. The molecule has 3 aliphatic heterocycles. The maximum atomic E-state index is 11.7. The molecule has 3 heterocycles. The van der Waals surface area contributed by atoms with Crippen molar-refractivity contribution in [1.29, 1.82) is 0 Å². The lowest BCUT2D eigenvalue weighted by Crippen LogP contribution is -2.63. The van der Waals surface area contributed by atoms with E-state index in [2.05, 4.69) is 15.9 Å². The number of carboxylic acids is 1. The number of piperazine rings is 1. The highest BCUT2D eigenvalue weighted by Gasteiger charge is 2.55. The summed E-state index contributed by atoms with van der Waals surface area (Å²) in [5, 5.41) is 19.8. The van der Waals surface area contributed by atoms with Crippen LogP contribution >= 0.6 is 0 Å². The topological polar surface area (TPSA) is 73.2 Å². The molecular weight excluding hydrogens is 308 g/mol. The summed E-state index contributed by atoms with van der Waals surface area (Å²) in [6.45, 7) is 0.814. The fourth-order valence-electron chi connectivity index (χ4n) is 5.20. The molecule has 130 valence electrons. The Kier molecular flexibility index (Phi) is 3.78. The maximum absolute atomic E-state index is 11.7. The molecule has 1 aromatic carbocycles. The fraction of sp³-hybridized carbons (Fsp3) is 0.611. The number of methoxy groups -OCH3 is 1. The van der Waals surface area contributed by atoms with Gasteiger partial charge < -0.3 is 14.9 Å². The minimum absolute atomic E-state index is 0.00495. The summed E-state index contributed by atoms with van der Waals surface area (Å²) >= 11 is 0. The highest BCUT2D eigenvalue weighted by molar-refractivity contribution is 5.72. The van der Waals surface area contributed by atoms with Gasteiger partial charge in [0.05, 0.1) is 25.7 Å². The van der Waals surface area contributed by atoms with Gasteiger partial charge in [-0.2, -0.15) is 0 Å². The molecular formula is C18H24N2O4. The van der Waals surface area contributed by atoms with Gasteiger partial charge >= 0.3 is 5.97 Å². The monoisotopic (exact) mass is 332 g/mol. The molecule has 6 heteroatoms. The van der Waals surface area contributed by atoms with Gasteiger partial charge in [0.2, 0.25) is 0 Å². The highest BCUT2D eigenvalue weighted by Crippen LogP contribution is 2.47. The molecule has 2 N–H and O–H groups in total. The molecule has 0 aliphatic carbocycles. The number of rotatable bonds is 3. The number of nitrogens with zero attached hydrogens (tertiary/aromatic N) is 2. The van der Waals surface area contributed by atoms with Crippen LogP contribution in [0.15, 0.2) is 18.2 Å². The molecule has 0 saturated carbocycles. The van der Waals surface area contributed by atoms with Crippen molar-refractivity contribution >= 4 is 5.97 Å². The molecule has 0 amide bonds. The van der Waals surface area contributed by atoms with Gasteiger partial charge in [-0.15, -0.1) is 0 Å². The van der Waals surface area contributed by atoms with Gasteiger partial charge in [0.25, 0.3) is 0 Å². The second-order valence-electron chi connectivity index (χ2n) is 7.19. The molecule has 0 spiro atoms. The number of carbonyl (C=O) groups is 1. The van der Waals surface area contributed by atoms with Gasteiger partial charge in [-0.05, 0) is 31.5 Å². The van der Waals surface area contributed by atoms with E-state index < -0.39 is 5.97 Å². The summed E-state index contributed by atoms with van der Waals surface area (Å²) in [5.74, 6) is -0.222. The average Bonchev–Trinajstić information content (AvgIpc) is 2.79. The number of fused-ring (bicyclic) bond motifs is 5. The van der Waals surface area contributed by atoms with Crippen LogP contribution in [-0.4, -0.2) is 71.4 Å². The number of ether oxygens (including phenoxy) is 1. The molecule has 2 saturated heterocycles. The SMILES string of the molecule is COc1cccc2c1[C@H](CO)N1C[C@@H]3CC(C(=O)O)[C@H](C1C2)N3C. The van der Waals surface area contributed by atoms with Gasteiger partial charge in [-0.3, -0.25) is 14.6 Å². The van der Waals surface area contributed by atoms with Crippen molar-refractivity contribution in [2.24, 2.45) is 5.92 Å². The van der Waals surface area contributed by atoms with Crippen LogP contribution in [0.5, 0.6) is 5.75 Å². The Morgan fingerprint density at radius 2 is 2.21 bits per heavy atom. The zero-order valence-electron chi connectivity index (χ0n) is 14.1. The Morgan fingerprint density at radius 3 is 2.88 bits per heavy atom. The number of aliphatic carboxylic acids is 1. The Hall–Kier alpha value is -1.63. The molecule has 2 unspecified atom stereocenters. The van der Waals surface area contributed by atoms with Crippen molar-refractivity contribution in [1.82, 2.24) is 9.80 Å². The first kappa shape index (κ1) is 15.9. The van der Waals surface area contributed by atoms with Crippen molar-refractivity contribution < 1.29 is 19.7 Å². The van der Waals surface area contributed by atoms with E-state index in [1.54, 1.807) is 7.11 Å². The lowest BCUT2D eigenvalue weighted by Gasteiger charge is -2.52. The van der Waals surface area contributed by atoms with E-state index in [4.69, 9.17) is 4.74 Å². The molecule has 0 aromatic heterocycles. The predicted molar refractivity (Wildman–Crippen MR) is 88.1 cm³/mol. The van der Waals surface area contributed by atoms with E-state index in [1.807, 2.05) is 19.2 Å². The van der Waals surface area contributed by atoms with Crippen LogP contribution in [0.3, 0.4) is 0 Å². The quantitative estimate of drug-likeness (QED) is 0.851. The van der Waals surface area contributed by atoms with Crippen molar-refractivity contribution in [3.63, 3.8) is 0 Å². The zero-order valence-corrected chi connectivity index (χ0v) is 14.1. The Balaban J connectivity index is 1.79. The molecule has 3 aliphatic rings. The average molecular weight is 332 g/mol. The predicted octanol–water partition coefficient (Wildman–Crippen LogP) is 0.742. The van der Waals surface area contributed by atoms with E-state index in [0.29, 0.717) is 6.42 Å². The van der Waals surface area contributed by atoms with Gasteiger partial charge in [0.1, 0.15) is 5.75 Å². The van der Waals surface area contributed by atoms with Crippen LogP contribution in [0.25, 0.3) is 0 Å². The summed E-state index contributed by atoms with van der Waals surface area (Å²) < 4.78 is 5.53. The number of aliphatic hydroxyl groups excluding tert-OH is 1. The van der Waals surface area contributed by atoms with E-state index in [0.717, 1.165) is 29.8 Å². The molecule has 5 atom stereocenters. The molecule has 2 fully saturated rings. The van der Waals surface area contributed by atoms with Crippen LogP contribution in [0, 0.1) is 5.92 Å². The molecule has 0 radical (unpaired) electrons. The number of hydrogen-bond donors (Lipinski definition) is 2. The number of carboxylic acid groups (broad SMARTS) is 1. The van der Waals surface area contributed by atoms with Gasteiger partial charge in [-0.25, -0.2) is 0 Å². The first-order valence-corrected chi connectivity index (χ1v) is 8.54. The minimum atomic E-state index is -0.701. The zero-order chi connectivity index (χ0) is 17.0. The first-order chi connectivity index (χ1) is 11.6. The number of likely N-dealkylation sites (N-methyl/N-ethyl adjacent to an activating group) is 1. The molecule has 4 rings (SSSR count). The largest absolute Gasteiger partial charge is 0.496 e. The highest BCUT2D eigenvalue weighted by atomic mass is 16.5. The van der Waals surface area contributed by atoms with Crippen LogP contribution < -0.4 is 4.74 Å². The third-order valence-electron chi connectivity index (χ3n) is 6.26. The Labute approximate surface area is 141 Å². The van der Waals surface area contributed by atoms with E-state index in [1.165, 1.54) is 0 Å². The van der Waals surface area contributed by atoms with Crippen LogP contribution in [0.2, 0.25) is 0 Å². The smallest absolute Gasteiger partial charge is 0.308 e. The van der Waals surface area contributed by atoms with E-state index in [-0.39, 0.29) is 36.7 Å². The number of hydrogen-bond acceptors (Lipinski definition) is 5. The number of benzene rings is 1. The molecule has 1 aromatic rings. The van der Waals surface area contributed by atoms with Crippen molar-refractivity contribution in [2.75, 3.05) is 27.3 Å². The van der Waals surface area contributed by atoms with Crippen LogP contribution in [-0.2, 0) is 11.2 Å². The van der Waals surface area contributed by atoms with Gasteiger partial charge in [0.15, 0.2) is 0 Å². The second-order valence-corrected chi connectivity index (χ2v) is 7.19. The fourth-order valence-corrected chi connectivity index (χ4v) is 5.20. The third kappa shape index (κ3) is 2.10. The molecule has 24 heavy (non-hydrogen) atoms. The van der Waals surface area contributed by atoms with Crippen LogP contribution in [0.4, 0.5) is 0 Å². The van der Waals surface area contributed by atoms with Crippen LogP contribution in [0.1, 0.15) is 23.6 Å². The maximum Gasteiger partial charge on any atom is 0.308 e. The Bertz CT molecular complexity index is 664. The van der Waals surface area contributed by atoms with Crippen molar-refractivity contribution in [3.8, 4) is 5.75 Å². The summed E-state index contributed by atoms with van der Waals surface area (Å²) in [4.78, 5) is 16.3. The van der Waals surface area contributed by atoms with Crippen molar-refractivity contribution in [2.45, 2.75) is 37.0 Å². The van der Waals surface area contributed by atoms with Crippen molar-refractivity contribution in [3.05, 3.63) is 29.3 Å². The first-order valence-electron chi connectivity index (χ1n) is 8.54. The molecule has 6 nitrogen and oxygen atoms in total. The van der Waals surface area contributed by atoms with E-state index >= 15 is 0 Å². The lowest BCUT2D eigenvalue weighted by atomic mass is 9.81. The third-order valence-corrected chi connectivity index (χ3v) is 6.26. The normalized spacial score (nSPS) is 35.4. The lowest BCUT2D eigenvalue weighted by molar-refractivity contribution is -0.143. The second kappa shape index (κ2) is 5.72. The summed E-state index contributed by atoms with van der Waals surface area (Å²) in [6, 6.07) is 6.21. The van der Waals surface area contributed by atoms with Gasteiger partial charge in [0, 0.05) is 30.2 Å². The van der Waals surface area contributed by atoms with Gasteiger partial charge in [-0.1, -0.05) is 12.1 Å². The van der Waals surface area contributed by atoms with E-state index in [9.17, 15) is 15.0 Å². The summed E-state index contributed by atoms with van der Waals surface area (Å²) in [6.07, 6.45) is 1.49. The molecule has 2 bridgehead atoms. The Morgan fingerprint density at radius 1 is 1.42 bits per heavy atom.